The van der Waals surface area contributed by atoms with Crippen molar-refractivity contribution in [3.8, 4) is 0 Å². The van der Waals surface area contributed by atoms with Gasteiger partial charge in [0.25, 0.3) is 0 Å². The quantitative estimate of drug-likeness (QED) is 0.690. The number of carbonyl (C=O) groups excluding carboxylic acids is 1. The minimum atomic E-state index is -0.0311. The van der Waals surface area contributed by atoms with E-state index in [0.29, 0.717) is 12.3 Å². The third-order valence-electron chi connectivity index (χ3n) is 6.44. The van der Waals surface area contributed by atoms with Crippen LogP contribution in [0.3, 0.4) is 0 Å². The van der Waals surface area contributed by atoms with Crippen molar-refractivity contribution in [1.29, 1.82) is 0 Å². The van der Waals surface area contributed by atoms with Gasteiger partial charge in [-0.3, -0.25) is 9.78 Å². The zero-order valence-corrected chi connectivity index (χ0v) is 17.7. The number of pyridine rings is 1. The Kier molecular flexibility index (Phi) is 7.30. The van der Waals surface area contributed by atoms with Crippen molar-refractivity contribution < 1.29 is 4.79 Å². The van der Waals surface area contributed by atoms with Crippen LogP contribution in [0.1, 0.15) is 49.4 Å². The van der Waals surface area contributed by atoms with E-state index in [1.807, 2.05) is 48.7 Å². The molecule has 2 heterocycles. The number of amides is 1. The number of carbonyl (C=O) groups is 1. The number of rotatable bonds is 7. The van der Waals surface area contributed by atoms with Crippen LogP contribution in [0, 0.1) is 11.8 Å². The summed E-state index contributed by atoms with van der Waals surface area (Å²) in [5.74, 6) is 1.24. The largest absolute Gasteiger partial charge is 0.347 e. The lowest BCUT2D eigenvalue weighted by Gasteiger charge is -2.38. The predicted octanol–water partition coefficient (Wildman–Crippen LogP) is 4.55. The van der Waals surface area contributed by atoms with Crippen molar-refractivity contribution in [3.05, 3.63) is 78.1 Å². The summed E-state index contributed by atoms with van der Waals surface area (Å²) in [5, 5.41) is 3.34. The van der Waals surface area contributed by atoms with Gasteiger partial charge in [-0.1, -0.05) is 48.6 Å². The molecule has 1 aromatic carbocycles. The van der Waals surface area contributed by atoms with Gasteiger partial charge in [-0.15, -0.1) is 0 Å². The lowest BCUT2D eigenvalue weighted by molar-refractivity contribution is -0.121. The fourth-order valence-corrected chi connectivity index (χ4v) is 4.92. The maximum Gasteiger partial charge on any atom is 0.224 e. The molecule has 1 aliphatic carbocycles. The molecule has 1 saturated heterocycles. The Bertz CT molecular complexity index is 821. The fourth-order valence-electron chi connectivity index (χ4n) is 4.92. The SMILES string of the molecule is O=C(Cc1ccccc1)N[C@@H](c1ccccn1)[C@H]1CCCN(C[C@H]2CC=CCC2)C1. The second-order valence-corrected chi connectivity index (χ2v) is 8.77. The molecule has 2 aliphatic rings. The number of aromatic nitrogens is 1. The Hall–Kier alpha value is -2.46. The van der Waals surface area contributed by atoms with Crippen LogP contribution in [-0.4, -0.2) is 35.4 Å². The Balaban J connectivity index is 1.43. The maximum absolute atomic E-state index is 12.9. The number of hydrogen-bond donors (Lipinski definition) is 1. The summed E-state index contributed by atoms with van der Waals surface area (Å²) in [6, 6.07) is 16.0. The lowest BCUT2D eigenvalue weighted by atomic mass is 9.86. The minimum Gasteiger partial charge on any atom is -0.347 e. The van der Waals surface area contributed by atoms with E-state index in [0.717, 1.165) is 30.1 Å². The zero-order chi connectivity index (χ0) is 20.6. The highest BCUT2D eigenvalue weighted by Crippen LogP contribution is 2.30. The first kappa shape index (κ1) is 20.8. The van der Waals surface area contributed by atoms with Crippen LogP contribution in [0.4, 0.5) is 0 Å². The van der Waals surface area contributed by atoms with E-state index in [9.17, 15) is 4.79 Å². The highest BCUT2D eigenvalue weighted by Gasteiger charge is 2.31. The molecule has 0 saturated carbocycles. The van der Waals surface area contributed by atoms with Crippen molar-refractivity contribution in [1.82, 2.24) is 15.2 Å². The Morgan fingerprint density at radius 1 is 1.10 bits per heavy atom. The van der Waals surface area contributed by atoms with Gasteiger partial charge in [-0.25, -0.2) is 0 Å². The summed E-state index contributed by atoms with van der Waals surface area (Å²) >= 11 is 0. The number of hydrogen-bond acceptors (Lipinski definition) is 3. The van der Waals surface area contributed by atoms with E-state index in [1.54, 1.807) is 0 Å². The Morgan fingerprint density at radius 2 is 1.97 bits per heavy atom. The molecule has 4 heteroatoms. The van der Waals surface area contributed by atoms with Gasteiger partial charge in [0.2, 0.25) is 5.91 Å². The van der Waals surface area contributed by atoms with Gasteiger partial charge < -0.3 is 10.2 Å². The molecule has 1 fully saturated rings. The molecule has 2 aromatic rings. The minimum absolute atomic E-state index is 0.0311. The summed E-state index contributed by atoms with van der Waals surface area (Å²) in [5.41, 5.74) is 2.02. The van der Waals surface area contributed by atoms with Gasteiger partial charge in [0.1, 0.15) is 0 Å². The predicted molar refractivity (Wildman–Crippen MR) is 121 cm³/mol. The number of nitrogens with zero attached hydrogens (tertiary/aromatic N) is 2. The van der Waals surface area contributed by atoms with E-state index < -0.39 is 0 Å². The second kappa shape index (κ2) is 10.5. The summed E-state index contributed by atoms with van der Waals surface area (Å²) in [6.07, 6.45) is 12.9. The van der Waals surface area contributed by atoms with Crippen LogP contribution in [-0.2, 0) is 11.2 Å². The van der Waals surface area contributed by atoms with Crippen LogP contribution in [0.2, 0.25) is 0 Å². The van der Waals surface area contributed by atoms with Crippen molar-refractivity contribution in [2.45, 2.75) is 44.6 Å². The summed E-state index contributed by atoms with van der Waals surface area (Å²) < 4.78 is 0. The third-order valence-corrected chi connectivity index (χ3v) is 6.44. The maximum atomic E-state index is 12.9. The van der Waals surface area contributed by atoms with Crippen molar-refractivity contribution in [2.75, 3.05) is 19.6 Å². The number of nitrogens with one attached hydrogen (secondary N) is 1. The molecule has 0 bridgehead atoms. The molecule has 1 amide bonds. The lowest BCUT2D eigenvalue weighted by Crippen LogP contribution is -2.45. The molecule has 4 nitrogen and oxygen atoms in total. The molecule has 0 spiro atoms. The number of likely N-dealkylation sites (tertiary alicyclic amines) is 1. The van der Waals surface area contributed by atoms with E-state index in [-0.39, 0.29) is 11.9 Å². The molecular formula is C26H33N3O. The topological polar surface area (TPSA) is 45.2 Å². The van der Waals surface area contributed by atoms with E-state index in [2.05, 4.69) is 33.4 Å². The van der Waals surface area contributed by atoms with Crippen LogP contribution in [0.15, 0.2) is 66.9 Å². The number of benzene rings is 1. The van der Waals surface area contributed by atoms with Gasteiger partial charge in [-0.2, -0.15) is 0 Å². The molecular weight excluding hydrogens is 370 g/mol. The van der Waals surface area contributed by atoms with Crippen molar-refractivity contribution >= 4 is 5.91 Å². The van der Waals surface area contributed by atoms with E-state index in [1.165, 1.54) is 38.8 Å². The third kappa shape index (κ3) is 5.79. The van der Waals surface area contributed by atoms with Gasteiger partial charge >= 0.3 is 0 Å². The molecule has 1 N–H and O–H groups in total. The molecule has 0 radical (unpaired) electrons. The monoisotopic (exact) mass is 403 g/mol. The smallest absolute Gasteiger partial charge is 0.224 e. The average Bonchev–Trinajstić information content (AvgIpc) is 2.80. The van der Waals surface area contributed by atoms with E-state index >= 15 is 0 Å². The van der Waals surface area contributed by atoms with Crippen LogP contribution in [0.5, 0.6) is 0 Å². The Morgan fingerprint density at radius 3 is 2.73 bits per heavy atom. The molecule has 1 aromatic heterocycles. The first-order valence-corrected chi connectivity index (χ1v) is 11.4. The fraction of sp³-hybridized carbons (Fsp3) is 0.462. The number of piperidine rings is 1. The highest BCUT2D eigenvalue weighted by atomic mass is 16.1. The van der Waals surface area contributed by atoms with Gasteiger partial charge in [0, 0.05) is 19.3 Å². The second-order valence-electron chi connectivity index (χ2n) is 8.77. The first-order chi connectivity index (χ1) is 14.8. The average molecular weight is 404 g/mol. The zero-order valence-electron chi connectivity index (χ0n) is 17.7. The summed E-state index contributed by atoms with van der Waals surface area (Å²) in [6.45, 7) is 3.38. The molecule has 3 atom stereocenters. The molecule has 30 heavy (non-hydrogen) atoms. The highest BCUT2D eigenvalue weighted by molar-refractivity contribution is 5.79. The van der Waals surface area contributed by atoms with Gasteiger partial charge in [0.15, 0.2) is 0 Å². The normalized spacial score (nSPS) is 23.1. The Labute approximate surface area is 180 Å². The summed E-state index contributed by atoms with van der Waals surface area (Å²) in [7, 11) is 0. The first-order valence-electron chi connectivity index (χ1n) is 11.4. The standard InChI is InChI=1S/C26H33N3O/c30-25(18-21-10-3-1-4-11-21)28-26(24-15-7-8-16-27-24)23-14-9-17-29(20-23)19-22-12-5-2-6-13-22/h1-5,7-8,10-11,15-16,22-23,26H,6,9,12-14,17-20H2,(H,28,30)/t22-,23-,26+/m0/s1. The van der Waals surface area contributed by atoms with Gasteiger partial charge in [-0.05, 0) is 68.2 Å². The molecule has 0 unspecified atom stereocenters. The van der Waals surface area contributed by atoms with E-state index in [4.69, 9.17) is 0 Å². The van der Waals surface area contributed by atoms with Crippen LogP contribution >= 0.6 is 0 Å². The van der Waals surface area contributed by atoms with Gasteiger partial charge in [0.05, 0.1) is 18.2 Å². The molecule has 1 aliphatic heterocycles. The number of allylic oxidation sites excluding steroid dienone is 2. The van der Waals surface area contributed by atoms with Crippen LogP contribution < -0.4 is 5.32 Å². The molecule has 158 valence electrons. The van der Waals surface area contributed by atoms with Crippen LogP contribution in [0.25, 0.3) is 0 Å². The van der Waals surface area contributed by atoms with Crippen molar-refractivity contribution in [3.63, 3.8) is 0 Å². The summed E-state index contributed by atoms with van der Waals surface area (Å²) in [4.78, 5) is 20.1. The van der Waals surface area contributed by atoms with Crippen molar-refractivity contribution in [2.24, 2.45) is 11.8 Å². The molecule has 4 rings (SSSR count).